The molecule has 0 spiro atoms. The van der Waals surface area contributed by atoms with Gasteiger partial charge in [0.15, 0.2) is 5.75 Å². The summed E-state index contributed by atoms with van der Waals surface area (Å²) in [5.41, 5.74) is 1.20. The van der Waals surface area contributed by atoms with Gasteiger partial charge in [-0.05, 0) is 26.7 Å². The molecule has 0 atom stereocenters. The molecule has 0 aliphatic rings. The maximum Gasteiger partial charge on any atom is 0.159 e. The number of nitrogens with zero attached hydrogens (tertiary/aromatic N) is 2. The van der Waals surface area contributed by atoms with E-state index in [2.05, 4.69) is 34.9 Å². The number of hydrogen-bond acceptors (Lipinski definition) is 2. The van der Waals surface area contributed by atoms with Crippen LogP contribution in [-0.4, -0.2) is 22.2 Å². The molecule has 0 fully saturated rings. The molecule has 0 aliphatic heterocycles. The molecule has 0 radical (unpaired) electrons. The van der Waals surface area contributed by atoms with Crippen LogP contribution in [0.25, 0.3) is 0 Å². The van der Waals surface area contributed by atoms with E-state index in [0.29, 0.717) is 6.04 Å². The molecule has 0 bridgehead atoms. The van der Waals surface area contributed by atoms with Crippen LogP contribution in [0.4, 0.5) is 0 Å². The van der Waals surface area contributed by atoms with Gasteiger partial charge in [-0.15, -0.1) is 0 Å². The highest BCUT2D eigenvalue weighted by Gasteiger charge is 2.12. The van der Waals surface area contributed by atoms with Gasteiger partial charge in [0.25, 0.3) is 0 Å². The van der Waals surface area contributed by atoms with Gasteiger partial charge in [-0.25, -0.2) is 0 Å². The maximum absolute atomic E-state index is 5.27. The Morgan fingerprint density at radius 3 is 2.79 bits per heavy atom. The fourth-order valence-electron chi connectivity index (χ4n) is 1.46. The lowest BCUT2D eigenvalue weighted by molar-refractivity contribution is 0.404. The van der Waals surface area contributed by atoms with Gasteiger partial charge >= 0.3 is 0 Å². The topological polar surface area (TPSA) is 27.1 Å². The molecule has 0 unspecified atom stereocenters. The van der Waals surface area contributed by atoms with Crippen molar-refractivity contribution in [2.45, 2.75) is 32.7 Å². The molecule has 0 amide bonds. The van der Waals surface area contributed by atoms with Crippen LogP contribution in [0.5, 0.6) is 5.75 Å². The SMILES string of the molecule is COc1cnn(C(C)C)c1CCCBr. The van der Waals surface area contributed by atoms with E-state index in [-0.39, 0.29) is 0 Å². The summed E-state index contributed by atoms with van der Waals surface area (Å²) in [4.78, 5) is 0. The molecule has 80 valence electrons. The van der Waals surface area contributed by atoms with Gasteiger partial charge in [-0.3, -0.25) is 4.68 Å². The third kappa shape index (κ3) is 2.50. The molecule has 0 aromatic carbocycles. The van der Waals surface area contributed by atoms with Gasteiger partial charge < -0.3 is 4.74 Å². The van der Waals surface area contributed by atoms with Crippen molar-refractivity contribution < 1.29 is 4.74 Å². The summed E-state index contributed by atoms with van der Waals surface area (Å²) in [5, 5.41) is 5.33. The van der Waals surface area contributed by atoms with E-state index in [0.717, 1.165) is 23.9 Å². The minimum Gasteiger partial charge on any atom is -0.493 e. The first kappa shape index (κ1) is 11.6. The van der Waals surface area contributed by atoms with Crippen molar-refractivity contribution in [2.75, 3.05) is 12.4 Å². The van der Waals surface area contributed by atoms with Gasteiger partial charge in [-0.2, -0.15) is 5.10 Å². The molecule has 0 saturated heterocycles. The number of halogens is 1. The first-order valence-corrected chi connectivity index (χ1v) is 5.99. The Morgan fingerprint density at radius 2 is 2.29 bits per heavy atom. The molecule has 0 N–H and O–H groups in total. The van der Waals surface area contributed by atoms with E-state index in [9.17, 15) is 0 Å². The molecule has 1 aromatic heterocycles. The second kappa shape index (κ2) is 5.39. The van der Waals surface area contributed by atoms with Crippen molar-refractivity contribution in [1.82, 2.24) is 9.78 Å². The summed E-state index contributed by atoms with van der Waals surface area (Å²) in [6.07, 6.45) is 3.91. The summed E-state index contributed by atoms with van der Waals surface area (Å²) < 4.78 is 7.30. The minimum absolute atomic E-state index is 0.393. The van der Waals surface area contributed by atoms with Crippen LogP contribution in [-0.2, 0) is 6.42 Å². The van der Waals surface area contributed by atoms with Gasteiger partial charge in [-0.1, -0.05) is 15.9 Å². The van der Waals surface area contributed by atoms with Gasteiger partial charge in [0.2, 0.25) is 0 Å². The van der Waals surface area contributed by atoms with Crippen LogP contribution < -0.4 is 4.74 Å². The highest BCUT2D eigenvalue weighted by atomic mass is 79.9. The van der Waals surface area contributed by atoms with Crippen molar-refractivity contribution in [1.29, 1.82) is 0 Å². The number of aromatic nitrogens is 2. The molecular weight excluding hydrogens is 244 g/mol. The molecule has 1 rings (SSSR count). The Hall–Kier alpha value is -0.510. The number of methoxy groups -OCH3 is 1. The molecule has 0 aliphatic carbocycles. The number of ether oxygens (including phenoxy) is 1. The largest absolute Gasteiger partial charge is 0.493 e. The Morgan fingerprint density at radius 1 is 1.57 bits per heavy atom. The summed E-state index contributed by atoms with van der Waals surface area (Å²) >= 11 is 3.43. The lowest BCUT2D eigenvalue weighted by Gasteiger charge is -2.11. The number of alkyl halides is 1. The zero-order valence-electron chi connectivity index (χ0n) is 8.96. The molecule has 14 heavy (non-hydrogen) atoms. The standard InChI is InChI=1S/C10H17BrN2O/c1-8(2)13-9(5-4-6-11)10(14-3)7-12-13/h7-8H,4-6H2,1-3H3. The Balaban J connectivity index is 2.88. The van der Waals surface area contributed by atoms with Crippen molar-refractivity contribution in [3.05, 3.63) is 11.9 Å². The second-order valence-corrected chi connectivity index (χ2v) is 4.28. The first-order chi connectivity index (χ1) is 6.70. The van der Waals surface area contributed by atoms with Gasteiger partial charge in [0.1, 0.15) is 0 Å². The maximum atomic E-state index is 5.27. The molecule has 1 heterocycles. The summed E-state index contributed by atoms with van der Waals surface area (Å²) in [6.45, 7) is 4.26. The summed E-state index contributed by atoms with van der Waals surface area (Å²) in [6, 6.07) is 0.393. The van der Waals surface area contributed by atoms with E-state index in [1.807, 2.05) is 4.68 Å². The van der Waals surface area contributed by atoms with E-state index >= 15 is 0 Å². The van der Waals surface area contributed by atoms with Crippen LogP contribution in [0.15, 0.2) is 6.20 Å². The van der Waals surface area contributed by atoms with E-state index < -0.39 is 0 Å². The fourth-order valence-corrected chi connectivity index (χ4v) is 1.74. The summed E-state index contributed by atoms with van der Waals surface area (Å²) in [7, 11) is 1.69. The van der Waals surface area contributed by atoms with Crippen molar-refractivity contribution in [3.8, 4) is 5.75 Å². The van der Waals surface area contributed by atoms with Crippen molar-refractivity contribution >= 4 is 15.9 Å². The van der Waals surface area contributed by atoms with E-state index in [1.54, 1.807) is 13.3 Å². The molecule has 3 nitrogen and oxygen atoms in total. The third-order valence-corrected chi connectivity index (χ3v) is 2.68. The molecule has 0 saturated carbocycles. The highest BCUT2D eigenvalue weighted by molar-refractivity contribution is 9.09. The molecule has 4 heteroatoms. The van der Waals surface area contributed by atoms with Gasteiger partial charge in [0.05, 0.1) is 19.0 Å². The fraction of sp³-hybridized carbons (Fsp3) is 0.700. The van der Waals surface area contributed by atoms with E-state index in [4.69, 9.17) is 4.74 Å². The average Bonchev–Trinajstić information content (AvgIpc) is 2.57. The lowest BCUT2D eigenvalue weighted by Crippen LogP contribution is -2.08. The second-order valence-electron chi connectivity index (χ2n) is 3.49. The minimum atomic E-state index is 0.393. The van der Waals surface area contributed by atoms with Crippen LogP contribution >= 0.6 is 15.9 Å². The lowest BCUT2D eigenvalue weighted by atomic mass is 10.2. The smallest absolute Gasteiger partial charge is 0.159 e. The van der Waals surface area contributed by atoms with Crippen LogP contribution in [0, 0.1) is 0 Å². The monoisotopic (exact) mass is 260 g/mol. The highest BCUT2D eigenvalue weighted by Crippen LogP contribution is 2.22. The van der Waals surface area contributed by atoms with Crippen LogP contribution in [0.3, 0.4) is 0 Å². The predicted molar refractivity (Wildman–Crippen MR) is 61.3 cm³/mol. The zero-order valence-corrected chi connectivity index (χ0v) is 10.5. The molecular formula is C10H17BrN2O. The Kier molecular flexibility index (Phi) is 4.45. The summed E-state index contributed by atoms with van der Waals surface area (Å²) in [5.74, 6) is 0.902. The first-order valence-electron chi connectivity index (χ1n) is 4.87. The predicted octanol–water partition coefficient (Wildman–Crippen LogP) is 2.80. The van der Waals surface area contributed by atoms with Crippen LogP contribution in [0.1, 0.15) is 32.0 Å². The quantitative estimate of drug-likeness (QED) is 0.762. The van der Waals surface area contributed by atoms with Crippen molar-refractivity contribution in [2.24, 2.45) is 0 Å². The average molecular weight is 261 g/mol. The van der Waals surface area contributed by atoms with Crippen molar-refractivity contribution in [3.63, 3.8) is 0 Å². The Bertz CT molecular complexity index is 284. The number of rotatable bonds is 5. The zero-order chi connectivity index (χ0) is 10.6. The van der Waals surface area contributed by atoms with E-state index in [1.165, 1.54) is 5.69 Å². The molecule has 1 aromatic rings. The third-order valence-electron chi connectivity index (χ3n) is 2.12. The number of hydrogen-bond donors (Lipinski definition) is 0. The van der Waals surface area contributed by atoms with Crippen LogP contribution in [0.2, 0.25) is 0 Å². The van der Waals surface area contributed by atoms with Gasteiger partial charge in [0, 0.05) is 11.4 Å². The normalized spacial score (nSPS) is 10.9. The Labute approximate surface area is 93.6 Å².